The quantitative estimate of drug-likeness (QED) is 0.433. The number of hydrogen-bond acceptors (Lipinski definition) is 0. The van der Waals surface area contributed by atoms with Crippen molar-refractivity contribution < 1.29 is 0 Å². The van der Waals surface area contributed by atoms with Crippen molar-refractivity contribution in [3.05, 3.63) is 0 Å². The average molecular weight is 130 g/mol. The van der Waals surface area contributed by atoms with Gasteiger partial charge >= 0.3 is 0 Å². The topological polar surface area (TPSA) is 0 Å². The standard InChI is InChI=1S/C10H10/c1-2-5-3(1)7-8-4(1)6(2)10(8)9(5)7/h1-10H. The first-order valence-electron chi connectivity index (χ1n) is 5.00. The first kappa shape index (κ1) is 3.60. The minimum Gasteiger partial charge on any atom is -0.0312 e. The van der Waals surface area contributed by atoms with Gasteiger partial charge in [0.1, 0.15) is 0 Å². The van der Waals surface area contributed by atoms with Crippen molar-refractivity contribution in [3.8, 4) is 0 Å². The number of fused-ring (bicyclic) bond motifs is 15. The van der Waals surface area contributed by atoms with E-state index in [4.69, 9.17) is 0 Å². The van der Waals surface area contributed by atoms with E-state index in [1.165, 1.54) is 59.2 Å². The third kappa shape index (κ3) is 0.109. The fourth-order valence-corrected chi connectivity index (χ4v) is 6.97. The monoisotopic (exact) mass is 130 g/mol. The second-order valence-corrected chi connectivity index (χ2v) is 5.77. The van der Waals surface area contributed by atoms with Crippen LogP contribution in [0.2, 0.25) is 0 Å². The molecule has 0 nitrogen and oxygen atoms in total. The molecule has 0 unspecified atom stereocenters. The SMILES string of the molecule is C12C3C4C1C1C2C2C3C4C12. The molecular weight excluding hydrogens is 120 g/mol. The summed E-state index contributed by atoms with van der Waals surface area (Å²) < 4.78 is 0. The van der Waals surface area contributed by atoms with Gasteiger partial charge in [-0.15, -0.1) is 0 Å². The molecule has 5 aliphatic carbocycles. The predicted molar refractivity (Wildman–Crippen MR) is 34.9 cm³/mol. The minimum atomic E-state index is 1.33. The molecule has 0 radical (unpaired) electrons. The highest BCUT2D eigenvalue weighted by atomic mass is 15.0. The Hall–Kier alpha value is 0. The fraction of sp³-hybridized carbons (Fsp3) is 1.00. The molecule has 0 aromatic carbocycles. The molecule has 5 aliphatic rings. The molecule has 0 atom stereocenters. The van der Waals surface area contributed by atoms with E-state index >= 15 is 0 Å². The van der Waals surface area contributed by atoms with Gasteiger partial charge in [0, 0.05) is 0 Å². The Morgan fingerprint density at radius 3 is 0.400 bits per heavy atom. The maximum absolute atomic E-state index is 1.33. The van der Waals surface area contributed by atoms with Crippen LogP contribution in [-0.4, -0.2) is 0 Å². The molecule has 0 aliphatic heterocycles. The smallest absolute Gasteiger partial charge is 0.0312 e. The number of hydrogen-bond donors (Lipinski definition) is 0. The lowest BCUT2D eigenvalue weighted by Crippen LogP contribution is -2.62. The lowest BCUT2D eigenvalue weighted by atomic mass is 9.39. The highest BCUT2D eigenvalue weighted by Gasteiger charge is 2.97. The van der Waals surface area contributed by atoms with Gasteiger partial charge in [-0.2, -0.15) is 0 Å². The van der Waals surface area contributed by atoms with Crippen LogP contribution >= 0.6 is 0 Å². The van der Waals surface area contributed by atoms with Gasteiger partial charge in [0.2, 0.25) is 0 Å². The maximum Gasteiger partial charge on any atom is -0.0312 e. The van der Waals surface area contributed by atoms with Gasteiger partial charge in [-0.25, -0.2) is 0 Å². The van der Waals surface area contributed by atoms with E-state index in [0.29, 0.717) is 0 Å². The van der Waals surface area contributed by atoms with Gasteiger partial charge in [-0.1, -0.05) is 0 Å². The molecule has 0 heteroatoms. The lowest BCUT2D eigenvalue weighted by molar-refractivity contribution is -0.183. The van der Waals surface area contributed by atoms with Crippen LogP contribution in [0, 0.1) is 59.2 Å². The molecule has 5 fully saturated rings. The van der Waals surface area contributed by atoms with E-state index in [0.717, 1.165) is 0 Å². The minimum absolute atomic E-state index is 1.33. The van der Waals surface area contributed by atoms with Crippen molar-refractivity contribution in [3.63, 3.8) is 0 Å². The van der Waals surface area contributed by atoms with Crippen LogP contribution in [0.15, 0.2) is 0 Å². The van der Waals surface area contributed by atoms with E-state index < -0.39 is 0 Å². The van der Waals surface area contributed by atoms with E-state index in [9.17, 15) is 0 Å². The van der Waals surface area contributed by atoms with Crippen LogP contribution in [0.25, 0.3) is 0 Å². The van der Waals surface area contributed by atoms with E-state index in [2.05, 4.69) is 0 Å². The second-order valence-electron chi connectivity index (χ2n) is 5.77. The highest BCUT2D eigenvalue weighted by molar-refractivity contribution is 5.44. The molecule has 0 aromatic rings. The third-order valence-corrected chi connectivity index (χ3v) is 6.67. The van der Waals surface area contributed by atoms with Crippen LogP contribution in [0.4, 0.5) is 0 Å². The first-order valence-corrected chi connectivity index (χ1v) is 5.00. The molecule has 0 spiro atoms. The van der Waals surface area contributed by atoms with Crippen molar-refractivity contribution >= 4 is 0 Å². The molecule has 0 N–H and O–H groups in total. The predicted octanol–water partition coefficient (Wildman–Crippen LogP) is 1.23. The Morgan fingerprint density at radius 2 is 0.300 bits per heavy atom. The second kappa shape index (κ2) is 0.640. The van der Waals surface area contributed by atoms with Crippen molar-refractivity contribution in [2.75, 3.05) is 0 Å². The maximum atomic E-state index is 1.33. The van der Waals surface area contributed by atoms with Crippen LogP contribution in [-0.2, 0) is 0 Å². The fourth-order valence-electron chi connectivity index (χ4n) is 6.97. The molecule has 0 saturated heterocycles. The molecule has 0 amide bonds. The summed E-state index contributed by atoms with van der Waals surface area (Å²) in [6.07, 6.45) is 0. The van der Waals surface area contributed by atoms with E-state index in [1.54, 1.807) is 0 Å². The Labute approximate surface area is 60.0 Å². The Kier molecular flexibility index (Phi) is 0.230. The van der Waals surface area contributed by atoms with Crippen molar-refractivity contribution in [1.29, 1.82) is 0 Å². The van der Waals surface area contributed by atoms with Crippen LogP contribution in [0.5, 0.6) is 0 Å². The Bertz CT molecular complexity index is 147. The molecule has 5 saturated carbocycles. The summed E-state index contributed by atoms with van der Waals surface area (Å²) in [6.45, 7) is 0. The Morgan fingerprint density at radius 1 is 0.200 bits per heavy atom. The summed E-state index contributed by atoms with van der Waals surface area (Å²) in [5.74, 6) is 13.3. The summed E-state index contributed by atoms with van der Waals surface area (Å²) in [5.41, 5.74) is 0. The summed E-state index contributed by atoms with van der Waals surface area (Å²) in [5, 5.41) is 0. The van der Waals surface area contributed by atoms with Crippen LogP contribution < -0.4 is 0 Å². The molecule has 0 heterocycles. The summed E-state index contributed by atoms with van der Waals surface area (Å²) in [4.78, 5) is 0. The lowest BCUT2D eigenvalue weighted by Gasteiger charge is -2.65. The number of rotatable bonds is 0. The Balaban J connectivity index is 1.89. The summed E-state index contributed by atoms with van der Waals surface area (Å²) in [7, 11) is 0. The van der Waals surface area contributed by atoms with Crippen molar-refractivity contribution in [2.45, 2.75) is 0 Å². The van der Waals surface area contributed by atoms with Gasteiger partial charge in [0.05, 0.1) is 0 Å². The highest BCUT2D eigenvalue weighted by Crippen LogP contribution is 3.01. The van der Waals surface area contributed by atoms with Crippen LogP contribution in [0.1, 0.15) is 0 Å². The zero-order valence-electron chi connectivity index (χ0n) is 5.77. The molecular formula is C10H10. The van der Waals surface area contributed by atoms with Crippen LogP contribution in [0.3, 0.4) is 0 Å². The third-order valence-electron chi connectivity index (χ3n) is 6.67. The van der Waals surface area contributed by atoms with Gasteiger partial charge in [0.15, 0.2) is 0 Å². The normalized spacial score (nSPS) is 108. The molecule has 0 aromatic heterocycles. The molecule has 10 heavy (non-hydrogen) atoms. The molecule has 50 valence electrons. The zero-order valence-corrected chi connectivity index (χ0v) is 5.77. The summed E-state index contributed by atoms with van der Waals surface area (Å²) in [6, 6.07) is 0. The summed E-state index contributed by atoms with van der Waals surface area (Å²) >= 11 is 0. The van der Waals surface area contributed by atoms with Gasteiger partial charge in [-0.3, -0.25) is 0 Å². The first-order chi connectivity index (χ1) is 5.00. The molecule has 0 bridgehead atoms. The molecule has 5 rings (SSSR count). The van der Waals surface area contributed by atoms with Crippen molar-refractivity contribution in [2.24, 2.45) is 59.2 Å². The van der Waals surface area contributed by atoms with Crippen molar-refractivity contribution in [1.82, 2.24) is 0 Å². The van der Waals surface area contributed by atoms with Gasteiger partial charge in [-0.05, 0) is 59.2 Å². The zero-order chi connectivity index (χ0) is 5.77. The van der Waals surface area contributed by atoms with Gasteiger partial charge in [0.25, 0.3) is 0 Å². The van der Waals surface area contributed by atoms with Gasteiger partial charge < -0.3 is 0 Å². The van der Waals surface area contributed by atoms with E-state index in [1.807, 2.05) is 0 Å². The average Bonchev–Trinajstić information content (AvgIpc) is 2.47. The van der Waals surface area contributed by atoms with E-state index in [-0.39, 0.29) is 0 Å². The largest absolute Gasteiger partial charge is 0.0312 e.